The molecule has 3 rings (SSSR count). The summed E-state index contributed by atoms with van der Waals surface area (Å²) in [5.74, 6) is -0.0613. The molecule has 32 heavy (non-hydrogen) atoms. The van der Waals surface area contributed by atoms with Gasteiger partial charge >= 0.3 is 0 Å². The molecular formula is C22H27N3O6S. The largest absolute Gasteiger partial charge is 0.495 e. The van der Waals surface area contributed by atoms with Crippen LogP contribution in [-0.2, 0) is 19.6 Å². The molecule has 0 radical (unpaired) electrons. The number of carbonyl (C=O) groups excluding carboxylic acids is 2. The summed E-state index contributed by atoms with van der Waals surface area (Å²) < 4.78 is 39.0. The quantitative estimate of drug-likeness (QED) is 0.525. The van der Waals surface area contributed by atoms with Crippen LogP contribution in [0.5, 0.6) is 5.75 Å². The van der Waals surface area contributed by atoms with E-state index in [0.29, 0.717) is 50.4 Å². The topological polar surface area (TPSA) is 114 Å². The Morgan fingerprint density at radius 2 is 1.94 bits per heavy atom. The van der Waals surface area contributed by atoms with Crippen LogP contribution in [0.1, 0.15) is 29.6 Å². The molecule has 0 aliphatic carbocycles. The van der Waals surface area contributed by atoms with Crippen molar-refractivity contribution in [2.24, 2.45) is 0 Å². The van der Waals surface area contributed by atoms with Gasteiger partial charge in [0.2, 0.25) is 5.91 Å². The summed E-state index contributed by atoms with van der Waals surface area (Å²) in [6.07, 6.45) is 1.75. The first kappa shape index (κ1) is 23.6. The van der Waals surface area contributed by atoms with Crippen LogP contribution in [0.2, 0.25) is 0 Å². The maximum Gasteiger partial charge on any atom is 0.261 e. The smallest absolute Gasteiger partial charge is 0.261 e. The van der Waals surface area contributed by atoms with E-state index < -0.39 is 15.9 Å². The van der Waals surface area contributed by atoms with Gasteiger partial charge in [-0.15, -0.1) is 0 Å². The number of hydrogen-bond donors (Lipinski definition) is 2. The number of anilines is 2. The van der Waals surface area contributed by atoms with Crippen LogP contribution in [0.25, 0.3) is 0 Å². The molecule has 2 aromatic rings. The van der Waals surface area contributed by atoms with Crippen LogP contribution in [0.3, 0.4) is 0 Å². The van der Waals surface area contributed by atoms with E-state index in [1.807, 2.05) is 0 Å². The van der Waals surface area contributed by atoms with Gasteiger partial charge in [0.25, 0.3) is 15.9 Å². The van der Waals surface area contributed by atoms with Crippen molar-refractivity contribution in [3.63, 3.8) is 0 Å². The molecule has 1 saturated heterocycles. The fourth-order valence-corrected chi connectivity index (χ4v) is 4.54. The molecule has 1 heterocycles. The number of amides is 2. The molecule has 10 heteroatoms. The van der Waals surface area contributed by atoms with E-state index in [1.165, 1.54) is 36.3 Å². The number of sulfonamides is 1. The Kier molecular flexibility index (Phi) is 7.70. The van der Waals surface area contributed by atoms with Crippen molar-refractivity contribution in [1.29, 1.82) is 0 Å². The highest BCUT2D eigenvalue weighted by atomic mass is 32.2. The molecular weight excluding hydrogens is 434 g/mol. The average molecular weight is 462 g/mol. The van der Waals surface area contributed by atoms with E-state index in [-0.39, 0.29) is 22.1 Å². The monoisotopic (exact) mass is 461 g/mol. The molecule has 0 atom stereocenters. The lowest BCUT2D eigenvalue weighted by atomic mass is 10.1. The van der Waals surface area contributed by atoms with Gasteiger partial charge in [-0.2, -0.15) is 0 Å². The predicted octanol–water partition coefficient (Wildman–Crippen LogP) is 2.39. The van der Waals surface area contributed by atoms with Crippen LogP contribution >= 0.6 is 0 Å². The third-order valence-corrected chi connectivity index (χ3v) is 6.41. The van der Waals surface area contributed by atoms with Gasteiger partial charge in [-0.25, -0.2) is 8.42 Å². The number of rotatable bonds is 10. The van der Waals surface area contributed by atoms with E-state index in [4.69, 9.17) is 9.47 Å². The second-order valence-corrected chi connectivity index (χ2v) is 8.92. The van der Waals surface area contributed by atoms with E-state index >= 15 is 0 Å². The molecule has 2 N–H and O–H groups in total. The fraction of sp³-hybridized carbons (Fsp3) is 0.364. The molecule has 2 amide bonds. The van der Waals surface area contributed by atoms with Crippen LogP contribution in [0.4, 0.5) is 11.4 Å². The van der Waals surface area contributed by atoms with Gasteiger partial charge < -0.3 is 19.7 Å². The normalized spacial score (nSPS) is 13.8. The minimum Gasteiger partial charge on any atom is -0.495 e. The van der Waals surface area contributed by atoms with Gasteiger partial charge in [-0.1, -0.05) is 12.1 Å². The van der Waals surface area contributed by atoms with E-state index in [0.717, 1.165) is 0 Å². The molecule has 1 fully saturated rings. The Morgan fingerprint density at radius 1 is 1.16 bits per heavy atom. The molecule has 2 aromatic carbocycles. The number of hydrogen-bond acceptors (Lipinski definition) is 6. The lowest BCUT2D eigenvalue weighted by Crippen LogP contribution is -2.27. The lowest BCUT2D eigenvalue weighted by molar-refractivity contribution is -0.117. The predicted molar refractivity (Wildman–Crippen MR) is 121 cm³/mol. The second-order valence-electron chi connectivity index (χ2n) is 7.24. The van der Waals surface area contributed by atoms with Crippen LogP contribution < -0.4 is 19.7 Å². The fourth-order valence-electron chi connectivity index (χ4n) is 3.44. The first-order valence-corrected chi connectivity index (χ1v) is 11.7. The number of carbonyl (C=O) groups is 2. The zero-order chi connectivity index (χ0) is 23.1. The highest BCUT2D eigenvalue weighted by molar-refractivity contribution is 7.92. The number of nitrogens with one attached hydrogen (secondary N) is 2. The SMILES string of the molecule is COCCCNC(=O)c1ccccc1NS(=O)(=O)c1ccc(OC)c(N2CCCC2=O)c1. The summed E-state index contributed by atoms with van der Waals surface area (Å²) in [7, 11) is -0.991. The maximum atomic E-state index is 13.1. The van der Waals surface area contributed by atoms with E-state index in [1.54, 1.807) is 25.3 Å². The molecule has 0 unspecified atom stereocenters. The highest BCUT2D eigenvalue weighted by Gasteiger charge is 2.27. The molecule has 0 spiro atoms. The zero-order valence-corrected chi connectivity index (χ0v) is 18.9. The third kappa shape index (κ3) is 5.38. The Labute approximate surface area is 187 Å². The summed E-state index contributed by atoms with van der Waals surface area (Å²) in [6, 6.07) is 10.7. The van der Waals surface area contributed by atoms with Crippen LogP contribution in [0.15, 0.2) is 47.4 Å². The minimum absolute atomic E-state index is 0.0386. The number of nitrogens with zero attached hydrogens (tertiary/aromatic N) is 1. The molecule has 0 saturated carbocycles. The van der Waals surface area contributed by atoms with Gasteiger partial charge in [0.1, 0.15) is 5.75 Å². The minimum atomic E-state index is -4.04. The molecule has 0 bridgehead atoms. The molecule has 9 nitrogen and oxygen atoms in total. The number of ether oxygens (including phenoxy) is 2. The molecule has 1 aliphatic heterocycles. The van der Waals surface area contributed by atoms with Crippen molar-refractivity contribution in [2.75, 3.05) is 43.5 Å². The summed E-state index contributed by atoms with van der Waals surface area (Å²) in [5, 5.41) is 2.75. The summed E-state index contributed by atoms with van der Waals surface area (Å²) in [5.41, 5.74) is 0.769. The average Bonchev–Trinajstić information content (AvgIpc) is 3.22. The molecule has 1 aliphatic rings. The van der Waals surface area contributed by atoms with Crippen molar-refractivity contribution >= 4 is 33.2 Å². The zero-order valence-electron chi connectivity index (χ0n) is 18.1. The third-order valence-electron chi connectivity index (χ3n) is 5.05. The Balaban J connectivity index is 1.86. The van der Waals surface area contributed by atoms with E-state index in [9.17, 15) is 18.0 Å². The van der Waals surface area contributed by atoms with Gasteiger partial charge in [0, 0.05) is 33.2 Å². The number of benzene rings is 2. The lowest BCUT2D eigenvalue weighted by Gasteiger charge is -2.20. The van der Waals surface area contributed by atoms with Crippen molar-refractivity contribution in [3.05, 3.63) is 48.0 Å². The second kappa shape index (κ2) is 10.5. The summed E-state index contributed by atoms with van der Waals surface area (Å²) in [6.45, 7) is 1.41. The summed E-state index contributed by atoms with van der Waals surface area (Å²) in [4.78, 5) is 26.2. The van der Waals surface area contributed by atoms with Gasteiger partial charge in [-0.05, 0) is 43.2 Å². The maximum absolute atomic E-state index is 13.1. The first-order valence-electron chi connectivity index (χ1n) is 10.2. The highest BCUT2D eigenvalue weighted by Crippen LogP contribution is 2.34. The van der Waals surface area contributed by atoms with Crippen LogP contribution in [0, 0.1) is 0 Å². The standard InChI is InChI=1S/C22H27N3O6S/c1-30-14-6-12-23-22(27)17-7-3-4-8-18(17)24-32(28,29)16-10-11-20(31-2)19(15-16)25-13-5-9-21(25)26/h3-4,7-8,10-11,15,24H,5-6,9,12-14H2,1-2H3,(H,23,27). The summed E-state index contributed by atoms with van der Waals surface area (Å²) >= 11 is 0. The van der Waals surface area contributed by atoms with Crippen molar-refractivity contribution in [2.45, 2.75) is 24.2 Å². The first-order chi connectivity index (χ1) is 15.4. The number of methoxy groups -OCH3 is 2. The van der Waals surface area contributed by atoms with Crippen molar-refractivity contribution in [3.8, 4) is 5.75 Å². The molecule has 0 aromatic heterocycles. The Hall–Kier alpha value is -3.11. The van der Waals surface area contributed by atoms with E-state index in [2.05, 4.69) is 10.0 Å². The van der Waals surface area contributed by atoms with Crippen molar-refractivity contribution < 1.29 is 27.5 Å². The Bertz CT molecular complexity index is 1090. The van der Waals surface area contributed by atoms with Crippen LogP contribution in [-0.4, -0.2) is 54.1 Å². The van der Waals surface area contributed by atoms with Gasteiger partial charge in [0.15, 0.2) is 0 Å². The number of para-hydroxylation sites is 1. The van der Waals surface area contributed by atoms with Crippen molar-refractivity contribution in [1.82, 2.24) is 5.32 Å². The van der Waals surface area contributed by atoms with Gasteiger partial charge in [-0.3, -0.25) is 14.3 Å². The van der Waals surface area contributed by atoms with Gasteiger partial charge in [0.05, 0.1) is 28.9 Å². The Morgan fingerprint density at radius 3 is 2.62 bits per heavy atom. The molecule has 172 valence electrons.